The molecule has 0 aromatic heterocycles. The predicted octanol–water partition coefficient (Wildman–Crippen LogP) is 2.51. The van der Waals surface area contributed by atoms with Gasteiger partial charge >= 0.3 is 0 Å². The Morgan fingerprint density at radius 2 is 2.40 bits per heavy atom. The molecule has 1 unspecified atom stereocenters. The second-order valence-corrected chi connectivity index (χ2v) is 4.27. The number of hydrogen-bond acceptors (Lipinski definition) is 2. The zero-order valence-corrected chi connectivity index (χ0v) is 9.47. The number of hydrazine groups is 1. The molecule has 0 heterocycles. The van der Waals surface area contributed by atoms with Crippen LogP contribution in [0.4, 0.5) is 0 Å². The molecule has 1 atom stereocenters. The van der Waals surface area contributed by atoms with Crippen LogP contribution in [0.15, 0.2) is 11.6 Å². The SMILES string of the molecule is C#CCCCC(CC1=CCCCC1)NN. The number of allylic oxidation sites excluding steroid dienone is 1. The number of rotatable bonds is 6. The first-order valence-corrected chi connectivity index (χ1v) is 5.94. The quantitative estimate of drug-likeness (QED) is 0.230. The van der Waals surface area contributed by atoms with Crippen LogP contribution < -0.4 is 11.3 Å². The van der Waals surface area contributed by atoms with Crippen molar-refractivity contribution in [3.05, 3.63) is 11.6 Å². The lowest BCUT2D eigenvalue weighted by atomic mass is 9.93. The van der Waals surface area contributed by atoms with Gasteiger partial charge in [0.15, 0.2) is 0 Å². The third-order valence-electron chi connectivity index (χ3n) is 3.00. The van der Waals surface area contributed by atoms with E-state index in [9.17, 15) is 0 Å². The van der Waals surface area contributed by atoms with Gasteiger partial charge in [-0.1, -0.05) is 11.6 Å². The van der Waals surface area contributed by atoms with Crippen molar-refractivity contribution in [2.24, 2.45) is 5.84 Å². The van der Waals surface area contributed by atoms with E-state index in [0.717, 1.165) is 25.7 Å². The molecule has 2 heteroatoms. The average Bonchev–Trinajstić information content (AvgIpc) is 2.29. The van der Waals surface area contributed by atoms with Crippen LogP contribution in [0.5, 0.6) is 0 Å². The Hall–Kier alpha value is -0.780. The van der Waals surface area contributed by atoms with Crippen LogP contribution in [0.3, 0.4) is 0 Å². The molecule has 0 aromatic rings. The molecule has 0 fully saturated rings. The van der Waals surface area contributed by atoms with Gasteiger partial charge in [0.05, 0.1) is 0 Å². The summed E-state index contributed by atoms with van der Waals surface area (Å²) in [5.41, 5.74) is 4.47. The van der Waals surface area contributed by atoms with Gasteiger partial charge in [0.25, 0.3) is 0 Å². The summed E-state index contributed by atoms with van der Waals surface area (Å²) < 4.78 is 0. The molecule has 0 bridgehead atoms. The van der Waals surface area contributed by atoms with E-state index in [2.05, 4.69) is 17.4 Å². The fraction of sp³-hybridized carbons (Fsp3) is 0.692. The minimum atomic E-state index is 0.405. The van der Waals surface area contributed by atoms with Crippen molar-refractivity contribution in [1.29, 1.82) is 0 Å². The van der Waals surface area contributed by atoms with E-state index >= 15 is 0 Å². The molecule has 0 saturated heterocycles. The first kappa shape index (κ1) is 12.3. The molecule has 0 saturated carbocycles. The van der Waals surface area contributed by atoms with Gasteiger partial charge in [0.2, 0.25) is 0 Å². The maximum absolute atomic E-state index is 5.54. The van der Waals surface area contributed by atoms with Gasteiger partial charge in [-0.3, -0.25) is 11.3 Å². The zero-order chi connectivity index (χ0) is 10.9. The van der Waals surface area contributed by atoms with Gasteiger partial charge in [0.1, 0.15) is 0 Å². The summed E-state index contributed by atoms with van der Waals surface area (Å²) in [6, 6.07) is 0.405. The molecule has 3 N–H and O–H groups in total. The number of unbranched alkanes of at least 4 members (excludes halogenated alkanes) is 1. The molecular formula is C13H22N2. The van der Waals surface area contributed by atoms with E-state index in [1.807, 2.05) is 0 Å². The molecule has 0 aliphatic heterocycles. The van der Waals surface area contributed by atoms with Crippen molar-refractivity contribution in [2.45, 2.75) is 57.4 Å². The van der Waals surface area contributed by atoms with Gasteiger partial charge in [0, 0.05) is 12.5 Å². The van der Waals surface area contributed by atoms with E-state index < -0.39 is 0 Å². The Labute approximate surface area is 93.3 Å². The number of nitrogens with one attached hydrogen (secondary N) is 1. The van der Waals surface area contributed by atoms with Crippen LogP contribution in [0.2, 0.25) is 0 Å². The highest BCUT2D eigenvalue weighted by Gasteiger charge is 2.10. The summed E-state index contributed by atoms with van der Waals surface area (Å²) in [7, 11) is 0. The van der Waals surface area contributed by atoms with Crippen LogP contribution in [-0.2, 0) is 0 Å². The lowest BCUT2D eigenvalue weighted by Gasteiger charge is -2.19. The van der Waals surface area contributed by atoms with Gasteiger partial charge in [-0.05, 0) is 44.9 Å². The maximum Gasteiger partial charge on any atom is 0.0248 e. The van der Waals surface area contributed by atoms with E-state index in [1.165, 1.54) is 25.7 Å². The van der Waals surface area contributed by atoms with Gasteiger partial charge in [-0.2, -0.15) is 0 Å². The van der Waals surface area contributed by atoms with Crippen molar-refractivity contribution in [1.82, 2.24) is 5.43 Å². The minimum Gasteiger partial charge on any atom is -0.271 e. The van der Waals surface area contributed by atoms with E-state index in [1.54, 1.807) is 5.57 Å². The second-order valence-electron chi connectivity index (χ2n) is 4.27. The normalized spacial score (nSPS) is 18.0. The Morgan fingerprint density at radius 1 is 1.53 bits per heavy atom. The smallest absolute Gasteiger partial charge is 0.0248 e. The Morgan fingerprint density at radius 3 is 3.00 bits per heavy atom. The van der Waals surface area contributed by atoms with Crippen molar-refractivity contribution in [3.8, 4) is 12.3 Å². The van der Waals surface area contributed by atoms with Crippen molar-refractivity contribution in [3.63, 3.8) is 0 Å². The molecule has 2 nitrogen and oxygen atoms in total. The lowest BCUT2D eigenvalue weighted by Crippen LogP contribution is -2.35. The van der Waals surface area contributed by atoms with Gasteiger partial charge < -0.3 is 0 Å². The first-order chi connectivity index (χ1) is 7.36. The average molecular weight is 206 g/mol. The molecule has 1 aliphatic rings. The van der Waals surface area contributed by atoms with Crippen molar-refractivity contribution < 1.29 is 0 Å². The molecule has 0 aromatic carbocycles. The highest BCUT2D eigenvalue weighted by Crippen LogP contribution is 2.22. The standard InChI is InChI=1S/C13H22N2/c1-2-3-5-10-13(15-14)11-12-8-6-4-7-9-12/h1,8,13,15H,3-7,9-11,14H2. The molecule has 0 amide bonds. The highest BCUT2D eigenvalue weighted by molar-refractivity contribution is 5.06. The minimum absolute atomic E-state index is 0.405. The van der Waals surface area contributed by atoms with E-state index in [0.29, 0.717) is 6.04 Å². The number of terminal acetylenes is 1. The number of nitrogens with two attached hydrogens (primary N) is 1. The largest absolute Gasteiger partial charge is 0.271 e. The van der Waals surface area contributed by atoms with Crippen LogP contribution in [0, 0.1) is 12.3 Å². The topological polar surface area (TPSA) is 38.0 Å². The van der Waals surface area contributed by atoms with Crippen molar-refractivity contribution >= 4 is 0 Å². The summed E-state index contributed by atoms with van der Waals surface area (Å²) in [6.45, 7) is 0. The fourth-order valence-electron chi connectivity index (χ4n) is 2.10. The van der Waals surface area contributed by atoms with Crippen LogP contribution in [-0.4, -0.2) is 6.04 Å². The summed E-state index contributed by atoms with van der Waals surface area (Å²) in [6.07, 6.45) is 16.9. The maximum atomic E-state index is 5.54. The van der Waals surface area contributed by atoms with Crippen LogP contribution >= 0.6 is 0 Å². The van der Waals surface area contributed by atoms with Crippen LogP contribution in [0.1, 0.15) is 51.4 Å². The first-order valence-electron chi connectivity index (χ1n) is 5.94. The lowest BCUT2D eigenvalue weighted by molar-refractivity contribution is 0.467. The molecule has 1 aliphatic carbocycles. The molecule has 0 radical (unpaired) electrons. The predicted molar refractivity (Wildman–Crippen MR) is 65.0 cm³/mol. The summed E-state index contributed by atoms with van der Waals surface area (Å²) in [5, 5.41) is 0. The van der Waals surface area contributed by atoms with E-state index in [4.69, 9.17) is 12.3 Å². The van der Waals surface area contributed by atoms with Gasteiger partial charge in [-0.25, -0.2) is 0 Å². The molecule has 1 rings (SSSR count). The Kier molecular flexibility index (Phi) is 6.15. The number of hydrogen-bond donors (Lipinski definition) is 2. The Balaban J connectivity index is 2.26. The summed E-state index contributed by atoms with van der Waals surface area (Å²) in [4.78, 5) is 0. The third-order valence-corrected chi connectivity index (χ3v) is 3.00. The zero-order valence-electron chi connectivity index (χ0n) is 9.47. The summed E-state index contributed by atoms with van der Waals surface area (Å²) >= 11 is 0. The second kappa shape index (κ2) is 7.50. The monoisotopic (exact) mass is 206 g/mol. The van der Waals surface area contributed by atoms with Gasteiger partial charge in [-0.15, -0.1) is 12.3 Å². The van der Waals surface area contributed by atoms with Crippen LogP contribution in [0.25, 0.3) is 0 Å². The fourth-order valence-corrected chi connectivity index (χ4v) is 2.10. The molecule has 84 valence electrons. The Bertz CT molecular complexity index is 237. The summed E-state index contributed by atoms with van der Waals surface area (Å²) in [5.74, 6) is 8.21. The van der Waals surface area contributed by atoms with Crippen molar-refractivity contribution in [2.75, 3.05) is 0 Å². The van der Waals surface area contributed by atoms with E-state index in [-0.39, 0.29) is 0 Å². The third kappa shape index (κ3) is 5.01. The molecule has 15 heavy (non-hydrogen) atoms. The molecular weight excluding hydrogens is 184 g/mol. The highest BCUT2D eigenvalue weighted by atomic mass is 15.2. The molecule has 0 spiro atoms.